The summed E-state index contributed by atoms with van der Waals surface area (Å²) in [5, 5.41) is 17.6. The molecule has 6 aromatic rings. The quantitative estimate of drug-likeness (QED) is 0.192. The van der Waals surface area contributed by atoms with Gasteiger partial charge in [0.15, 0.2) is 0 Å². The first-order chi connectivity index (χ1) is 22.7. The van der Waals surface area contributed by atoms with Crippen LogP contribution in [0.2, 0.25) is 0 Å². The van der Waals surface area contributed by atoms with Crippen LogP contribution >= 0.6 is 17.0 Å². The van der Waals surface area contributed by atoms with Gasteiger partial charge in [-0.2, -0.15) is 0 Å². The maximum atomic E-state index is 14.2. The van der Waals surface area contributed by atoms with Crippen molar-refractivity contribution >= 4 is 38.8 Å². The number of halogens is 3. The van der Waals surface area contributed by atoms with Crippen molar-refractivity contribution in [2.24, 2.45) is 0 Å². The Morgan fingerprint density at radius 3 is 1.30 bits per heavy atom. The molecule has 2 aliphatic heterocycles. The molecule has 0 unspecified atom stereocenters. The summed E-state index contributed by atoms with van der Waals surface area (Å²) in [5.74, 6) is 0.565. The highest BCUT2D eigenvalue weighted by Crippen LogP contribution is 2.31. The van der Waals surface area contributed by atoms with E-state index in [-0.39, 0.29) is 40.8 Å². The molecule has 0 saturated carbocycles. The molecule has 0 spiro atoms. The van der Waals surface area contributed by atoms with E-state index in [2.05, 4.69) is 20.8 Å². The number of para-hydroxylation sites is 4. The van der Waals surface area contributed by atoms with Crippen molar-refractivity contribution in [2.45, 2.75) is 37.9 Å². The van der Waals surface area contributed by atoms with Crippen LogP contribution in [0, 0.1) is 11.6 Å². The Bertz CT molecular complexity index is 1790. The van der Waals surface area contributed by atoms with Gasteiger partial charge in [-0.25, -0.2) is 18.1 Å². The summed E-state index contributed by atoms with van der Waals surface area (Å²) in [5.41, 5.74) is 2.57. The molecule has 4 heterocycles. The highest BCUT2D eigenvalue weighted by atomic mass is 79.9. The zero-order chi connectivity index (χ0) is 31.3. The number of hydrogen-bond acceptors (Lipinski definition) is 6. The molecule has 8 rings (SSSR count). The van der Waals surface area contributed by atoms with Crippen molar-refractivity contribution in [1.82, 2.24) is 30.2 Å². The number of ether oxygens (including phenoxy) is 2. The van der Waals surface area contributed by atoms with Crippen LogP contribution in [-0.2, 0) is 0 Å². The lowest BCUT2D eigenvalue weighted by molar-refractivity contribution is 0.157. The third kappa shape index (κ3) is 7.17. The molecule has 2 fully saturated rings. The van der Waals surface area contributed by atoms with Gasteiger partial charge in [-0.15, -0.1) is 27.2 Å². The summed E-state index contributed by atoms with van der Waals surface area (Å²) in [7, 11) is 0. The van der Waals surface area contributed by atoms with Crippen LogP contribution in [0.1, 0.15) is 25.7 Å². The first-order valence-corrected chi connectivity index (χ1v) is 15.9. The third-order valence-corrected chi connectivity index (χ3v) is 8.40. The minimum absolute atomic E-state index is 0. The Balaban J connectivity index is 0.000000161. The van der Waals surface area contributed by atoms with Gasteiger partial charge in [0.05, 0.1) is 21.8 Å². The van der Waals surface area contributed by atoms with E-state index in [1.807, 2.05) is 60.7 Å². The molecule has 0 aliphatic carbocycles. The second-order valence-electron chi connectivity index (χ2n) is 11.5. The molecule has 11 heteroatoms. The van der Waals surface area contributed by atoms with Gasteiger partial charge in [0.2, 0.25) is 11.8 Å². The van der Waals surface area contributed by atoms with Crippen LogP contribution in [0.5, 0.6) is 11.8 Å². The van der Waals surface area contributed by atoms with Gasteiger partial charge in [-0.05, 0) is 100 Å². The highest BCUT2D eigenvalue weighted by molar-refractivity contribution is 8.93. The molecular weight excluding hydrogens is 666 g/mol. The van der Waals surface area contributed by atoms with Crippen molar-refractivity contribution < 1.29 is 18.3 Å². The van der Waals surface area contributed by atoms with Crippen LogP contribution in [-0.4, -0.2) is 57.9 Å². The SMILES string of the molecule is Br.Fc1ccccc1-n1nc(OC2CCNCC2)c2ccccc21.Fc1ccccc1-n1nc(OC2CCNCC2)c2ccccc21. The van der Waals surface area contributed by atoms with Crippen LogP contribution in [0.15, 0.2) is 97.1 Å². The summed E-state index contributed by atoms with van der Waals surface area (Å²) < 4.78 is 43.8. The van der Waals surface area contributed by atoms with Crippen molar-refractivity contribution in [1.29, 1.82) is 0 Å². The van der Waals surface area contributed by atoms with Crippen LogP contribution in [0.3, 0.4) is 0 Å². The fraction of sp³-hybridized carbons (Fsp3) is 0.278. The minimum atomic E-state index is -0.297. The number of benzene rings is 4. The predicted molar refractivity (Wildman–Crippen MR) is 185 cm³/mol. The zero-order valence-electron chi connectivity index (χ0n) is 25.8. The maximum absolute atomic E-state index is 14.2. The molecule has 2 aromatic heterocycles. The lowest BCUT2D eigenvalue weighted by Crippen LogP contribution is -2.34. The van der Waals surface area contributed by atoms with E-state index in [0.717, 1.165) is 73.7 Å². The van der Waals surface area contributed by atoms with Gasteiger partial charge < -0.3 is 20.1 Å². The molecule has 0 bridgehead atoms. The fourth-order valence-corrected chi connectivity index (χ4v) is 6.01. The van der Waals surface area contributed by atoms with Crippen molar-refractivity contribution in [3.8, 4) is 23.1 Å². The maximum Gasteiger partial charge on any atom is 0.241 e. The van der Waals surface area contributed by atoms with E-state index in [1.54, 1.807) is 33.6 Å². The summed E-state index contributed by atoms with van der Waals surface area (Å²) >= 11 is 0. The summed E-state index contributed by atoms with van der Waals surface area (Å²) in [4.78, 5) is 0. The summed E-state index contributed by atoms with van der Waals surface area (Å²) in [6.45, 7) is 3.82. The largest absolute Gasteiger partial charge is 0.473 e. The van der Waals surface area contributed by atoms with Gasteiger partial charge in [0.1, 0.15) is 35.2 Å². The number of nitrogens with zero attached hydrogens (tertiary/aromatic N) is 4. The third-order valence-electron chi connectivity index (χ3n) is 8.40. The second kappa shape index (κ2) is 15.1. The monoisotopic (exact) mass is 702 g/mol. The predicted octanol–water partition coefficient (Wildman–Crippen LogP) is 7.17. The van der Waals surface area contributed by atoms with Gasteiger partial charge >= 0.3 is 0 Å². The lowest BCUT2D eigenvalue weighted by Gasteiger charge is -2.22. The fourth-order valence-electron chi connectivity index (χ4n) is 6.01. The van der Waals surface area contributed by atoms with Crippen LogP contribution in [0.25, 0.3) is 33.2 Å². The second-order valence-corrected chi connectivity index (χ2v) is 11.5. The Kier molecular flexibility index (Phi) is 10.4. The minimum Gasteiger partial charge on any atom is -0.473 e. The number of nitrogens with one attached hydrogen (secondary N) is 2. The Labute approximate surface area is 282 Å². The van der Waals surface area contributed by atoms with E-state index < -0.39 is 0 Å². The smallest absolute Gasteiger partial charge is 0.241 e. The van der Waals surface area contributed by atoms with Crippen LogP contribution in [0.4, 0.5) is 8.78 Å². The van der Waals surface area contributed by atoms with E-state index in [9.17, 15) is 8.78 Å². The van der Waals surface area contributed by atoms with E-state index in [1.165, 1.54) is 12.1 Å². The molecule has 47 heavy (non-hydrogen) atoms. The zero-order valence-corrected chi connectivity index (χ0v) is 27.5. The molecule has 2 aliphatic rings. The molecule has 2 N–H and O–H groups in total. The number of rotatable bonds is 6. The Hall–Kier alpha value is -4.32. The lowest BCUT2D eigenvalue weighted by atomic mass is 10.1. The molecule has 4 aromatic carbocycles. The van der Waals surface area contributed by atoms with E-state index in [0.29, 0.717) is 23.1 Å². The van der Waals surface area contributed by atoms with Gasteiger partial charge in [-0.3, -0.25) is 0 Å². The van der Waals surface area contributed by atoms with E-state index >= 15 is 0 Å². The molecule has 0 atom stereocenters. The molecular formula is C36H37BrF2N6O2. The Morgan fingerprint density at radius 1 is 0.532 bits per heavy atom. The number of piperidine rings is 2. The summed E-state index contributed by atoms with van der Waals surface area (Å²) in [6, 6.07) is 28.9. The summed E-state index contributed by atoms with van der Waals surface area (Å²) in [6.07, 6.45) is 4.15. The molecule has 0 amide bonds. The highest BCUT2D eigenvalue weighted by Gasteiger charge is 2.21. The number of aromatic nitrogens is 4. The van der Waals surface area contributed by atoms with Crippen molar-refractivity contribution in [2.75, 3.05) is 26.2 Å². The van der Waals surface area contributed by atoms with E-state index in [4.69, 9.17) is 9.47 Å². The van der Waals surface area contributed by atoms with Gasteiger partial charge in [-0.1, -0.05) is 48.5 Å². The molecule has 0 radical (unpaired) electrons. The van der Waals surface area contributed by atoms with Crippen molar-refractivity contribution in [3.05, 3.63) is 109 Å². The molecule has 2 saturated heterocycles. The van der Waals surface area contributed by atoms with Crippen LogP contribution < -0.4 is 20.1 Å². The Morgan fingerprint density at radius 2 is 0.894 bits per heavy atom. The molecule has 244 valence electrons. The topological polar surface area (TPSA) is 78.2 Å². The van der Waals surface area contributed by atoms with Gasteiger partial charge in [0, 0.05) is 0 Å². The first kappa shape index (κ1) is 32.6. The standard InChI is InChI=1S/2C18H18FN3O.BrH/c2*19-15-6-2-4-8-17(15)22-16-7-3-1-5-14(16)18(21-22)23-13-9-11-20-12-10-13;/h2*1-8,13,20H,9-12H2;1H. The van der Waals surface area contributed by atoms with Crippen molar-refractivity contribution in [3.63, 3.8) is 0 Å². The molecule has 8 nitrogen and oxygen atoms in total. The number of hydrogen-bond donors (Lipinski definition) is 2. The average Bonchev–Trinajstić information content (AvgIpc) is 3.65. The first-order valence-electron chi connectivity index (χ1n) is 15.9. The van der Waals surface area contributed by atoms with Gasteiger partial charge in [0.25, 0.3) is 0 Å². The average molecular weight is 704 g/mol. The normalized spacial score (nSPS) is 15.5. The number of fused-ring (bicyclic) bond motifs is 2.